The number of amides is 1. The summed E-state index contributed by atoms with van der Waals surface area (Å²) in [4.78, 5) is 12.7. The third-order valence-electron chi connectivity index (χ3n) is 5.80. The van der Waals surface area contributed by atoms with Crippen LogP contribution in [0.15, 0.2) is 78.1 Å². The molecule has 0 atom stereocenters. The summed E-state index contributed by atoms with van der Waals surface area (Å²) in [6.45, 7) is 5.82. The highest BCUT2D eigenvalue weighted by atomic mass is 32.2. The molecule has 1 N–H and O–H groups in total. The summed E-state index contributed by atoms with van der Waals surface area (Å²) in [7, 11) is 0. The predicted octanol–water partition coefficient (Wildman–Crippen LogP) is 5.82. The molecule has 0 saturated heterocycles. The van der Waals surface area contributed by atoms with Crippen LogP contribution in [0.3, 0.4) is 0 Å². The predicted molar refractivity (Wildman–Crippen MR) is 136 cm³/mol. The SMILES string of the molecule is CCn1c(SCC(=O)Nc2cccc3ccccc23)nnc1-c1cn(CC)c2ccccc12. The molecule has 6 nitrogen and oxygen atoms in total. The van der Waals surface area contributed by atoms with E-state index in [1.165, 1.54) is 17.3 Å². The smallest absolute Gasteiger partial charge is 0.234 e. The van der Waals surface area contributed by atoms with E-state index in [0.29, 0.717) is 0 Å². The molecule has 2 heterocycles. The zero-order chi connectivity index (χ0) is 22.8. The molecule has 1 amide bonds. The van der Waals surface area contributed by atoms with Crippen LogP contribution < -0.4 is 5.32 Å². The maximum absolute atomic E-state index is 12.7. The number of nitrogens with one attached hydrogen (secondary N) is 1. The number of carbonyl (C=O) groups is 1. The molecule has 0 radical (unpaired) electrons. The van der Waals surface area contributed by atoms with Crippen molar-refractivity contribution >= 4 is 45.0 Å². The van der Waals surface area contributed by atoms with E-state index in [-0.39, 0.29) is 11.7 Å². The van der Waals surface area contributed by atoms with Crippen molar-refractivity contribution in [3.05, 3.63) is 72.9 Å². The lowest BCUT2D eigenvalue weighted by atomic mass is 10.1. The number of nitrogens with zero attached hydrogens (tertiary/aromatic N) is 4. The minimum absolute atomic E-state index is 0.0638. The van der Waals surface area contributed by atoms with Gasteiger partial charge in [0, 0.05) is 46.8 Å². The van der Waals surface area contributed by atoms with Gasteiger partial charge in [0.1, 0.15) is 0 Å². The third kappa shape index (κ3) is 4.00. The molecule has 0 aliphatic rings. The van der Waals surface area contributed by atoms with E-state index in [4.69, 9.17) is 0 Å². The van der Waals surface area contributed by atoms with Crippen molar-refractivity contribution in [3.63, 3.8) is 0 Å². The molecule has 2 aromatic heterocycles. The molecule has 0 aliphatic carbocycles. The van der Waals surface area contributed by atoms with E-state index in [2.05, 4.69) is 62.9 Å². The van der Waals surface area contributed by atoms with Gasteiger partial charge in [-0.2, -0.15) is 0 Å². The van der Waals surface area contributed by atoms with Crippen LogP contribution >= 0.6 is 11.8 Å². The van der Waals surface area contributed by atoms with Crippen molar-refractivity contribution in [2.75, 3.05) is 11.1 Å². The first-order valence-electron chi connectivity index (χ1n) is 11.1. The van der Waals surface area contributed by atoms with E-state index in [9.17, 15) is 4.79 Å². The molecular formula is C26H25N5OS. The highest BCUT2D eigenvalue weighted by Crippen LogP contribution is 2.32. The van der Waals surface area contributed by atoms with Crippen LogP contribution in [-0.4, -0.2) is 31.0 Å². The summed E-state index contributed by atoms with van der Waals surface area (Å²) in [6.07, 6.45) is 2.14. The number of para-hydroxylation sites is 1. The van der Waals surface area contributed by atoms with E-state index in [1.54, 1.807) is 0 Å². The van der Waals surface area contributed by atoms with Crippen LogP contribution in [0.1, 0.15) is 13.8 Å². The van der Waals surface area contributed by atoms with Gasteiger partial charge in [-0.25, -0.2) is 0 Å². The lowest BCUT2D eigenvalue weighted by molar-refractivity contribution is -0.113. The number of thioether (sulfide) groups is 1. The summed E-state index contributed by atoms with van der Waals surface area (Å²) in [5, 5.41) is 16.0. The van der Waals surface area contributed by atoms with Crippen LogP contribution in [0.4, 0.5) is 5.69 Å². The van der Waals surface area contributed by atoms with Gasteiger partial charge in [-0.1, -0.05) is 66.4 Å². The standard InChI is InChI=1S/C26H25N5OS/c1-3-30-16-21(20-13-7-8-15-23(20)30)25-28-29-26(31(25)4-2)33-17-24(32)27-22-14-9-11-18-10-5-6-12-19(18)22/h5-16H,3-4,17H2,1-2H3,(H,27,32). The van der Waals surface area contributed by atoms with Gasteiger partial charge in [-0.15, -0.1) is 10.2 Å². The van der Waals surface area contributed by atoms with E-state index >= 15 is 0 Å². The van der Waals surface area contributed by atoms with E-state index in [0.717, 1.165) is 51.5 Å². The molecular weight excluding hydrogens is 430 g/mol. The van der Waals surface area contributed by atoms with E-state index < -0.39 is 0 Å². The maximum Gasteiger partial charge on any atom is 0.234 e. The van der Waals surface area contributed by atoms with Gasteiger partial charge in [0.25, 0.3) is 0 Å². The quantitative estimate of drug-likeness (QED) is 0.314. The van der Waals surface area contributed by atoms with Crippen molar-refractivity contribution in [3.8, 4) is 11.4 Å². The Morgan fingerprint density at radius 2 is 1.67 bits per heavy atom. The van der Waals surface area contributed by atoms with Gasteiger partial charge in [0.05, 0.1) is 5.75 Å². The number of aromatic nitrogens is 4. The number of rotatable bonds is 7. The number of fused-ring (bicyclic) bond motifs is 2. The number of anilines is 1. The number of benzene rings is 3. The zero-order valence-electron chi connectivity index (χ0n) is 18.7. The minimum Gasteiger partial charge on any atom is -0.347 e. The molecule has 0 unspecified atom stereocenters. The van der Waals surface area contributed by atoms with Crippen molar-refractivity contribution in [2.24, 2.45) is 0 Å². The first-order chi connectivity index (χ1) is 16.2. The molecule has 0 bridgehead atoms. The van der Waals surface area contributed by atoms with Crippen LogP contribution in [-0.2, 0) is 17.9 Å². The van der Waals surface area contributed by atoms with Crippen molar-refractivity contribution in [1.82, 2.24) is 19.3 Å². The molecule has 0 fully saturated rings. The summed E-state index contributed by atoms with van der Waals surface area (Å²) in [5.74, 6) is 1.03. The Bertz CT molecular complexity index is 1450. The molecule has 3 aromatic carbocycles. The maximum atomic E-state index is 12.7. The highest BCUT2D eigenvalue weighted by molar-refractivity contribution is 7.99. The fourth-order valence-electron chi connectivity index (χ4n) is 4.22. The number of aryl methyl sites for hydroxylation is 1. The second-order valence-corrected chi connectivity index (χ2v) is 8.70. The second kappa shape index (κ2) is 9.11. The van der Waals surface area contributed by atoms with Gasteiger partial charge in [-0.05, 0) is 31.4 Å². The van der Waals surface area contributed by atoms with Crippen LogP contribution in [0.5, 0.6) is 0 Å². The molecule has 166 valence electrons. The van der Waals surface area contributed by atoms with Crippen LogP contribution in [0, 0.1) is 0 Å². The fourth-order valence-corrected chi connectivity index (χ4v) is 5.02. The van der Waals surface area contributed by atoms with Gasteiger partial charge in [-0.3, -0.25) is 4.79 Å². The topological polar surface area (TPSA) is 64.7 Å². The summed E-state index contributed by atoms with van der Waals surface area (Å²) in [5.41, 5.74) is 3.07. The normalized spacial score (nSPS) is 11.3. The summed E-state index contributed by atoms with van der Waals surface area (Å²) < 4.78 is 4.31. The number of hydrogen-bond acceptors (Lipinski definition) is 4. The Morgan fingerprint density at radius 1 is 0.909 bits per heavy atom. The fraction of sp³-hybridized carbons (Fsp3) is 0.192. The molecule has 5 rings (SSSR count). The van der Waals surface area contributed by atoms with Gasteiger partial charge in [0.15, 0.2) is 11.0 Å². The largest absolute Gasteiger partial charge is 0.347 e. The Kier molecular flexibility index (Phi) is 5.88. The average Bonchev–Trinajstić information content (AvgIpc) is 3.43. The Labute approximate surface area is 196 Å². The first-order valence-corrected chi connectivity index (χ1v) is 12.1. The van der Waals surface area contributed by atoms with E-state index in [1.807, 2.05) is 48.5 Å². The molecule has 0 aliphatic heterocycles. The first kappa shape index (κ1) is 21.3. The van der Waals surface area contributed by atoms with Gasteiger partial charge < -0.3 is 14.5 Å². The summed E-state index contributed by atoms with van der Waals surface area (Å²) in [6, 6.07) is 22.3. The van der Waals surface area contributed by atoms with Gasteiger partial charge >= 0.3 is 0 Å². The molecule has 33 heavy (non-hydrogen) atoms. The van der Waals surface area contributed by atoms with Crippen LogP contribution in [0.25, 0.3) is 33.1 Å². The molecule has 0 spiro atoms. The van der Waals surface area contributed by atoms with Crippen LogP contribution in [0.2, 0.25) is 0 Å². The van der Waals surface area contributed by atoms with Crippen molar-refractivity contribution in [1.29, 1.82) is 0 Å². The summed E-state index contributed by atoms with van der Waals surface area (Å²) >= 11 is 1.41. The Hall–Kier alpha value is -3.58. The average molecular weight is 456 g/mol. The van der Waals surface area contributed by atoms with Crippen molar-refractivity contribution < 1.29 is 4.79 Å². The Morgan fingerprint density at radius 3 is 2.48 bits per heavy atom. The Balaban J connectivity index is 1.37. The molecule has 5 aromatic rings. The number of carbonyl (C=O) groups excluding carboxylic acids is 1. The minimum atomic E-state index is -0.0638. The lowest BCUT2D eigenvalue weighted by Gasteiger charge is -2.09. The van der Waals surface area contributed by atoms with Gasteiger partial charge in [0.2, 0.25) is 5.91 Å². The zero-order valence-corrected chi connectivity index (χ0v) is 19.5. The van der Waals surface area contributed by atoms with Crippen molar-refractivity contribution in [2.45, 2.75) is 32.1 Å². The molecule has 7 heteroatoms. The monoisotopic (exact) mass is 455 g/mol. The lowest BCUT2D eigenvalue weighted by Crippen LogP contribution is -2.15. The second-order valence-electron chi connectivity index (χ2n) is 7.76. The number of hydrogen-bond donors (Lipinski definition) is 1. The molecule has 0 saturated carbocycles. The highest BCUT2D eigenvalue weighted by Gasteiger charge is 2.18. The third-order valence-corrected chi connectivity index (χ3v) is 6.77.